The molecule has 0 unspecified atom stereocenters. The van der Waals surface area contributed by atoms with E-state index >= 15 is 0 Å². The van der Waals surface area contributed by atoms with Crippen molar-refractivity contribution >= 4 is 0 Å². The van der Waals surface area contributed by atoms with Gasteiger partial charge in [0.25, 0.3) is 0 Å². The van der Waals surface area contributed by atoms with Gasteiger partial charge in [0, 0.05) is 0 Å². The molecule has 1 N–H and O–H groups in total. The fourth-order valence-electron chi connectivity index (χ4n) is 2.79. The maximum atomic E-state index is 5.82. The summed E-state index contributed by atoms with van der Waals surface area (Å²) in [6.07, 6.45) is 0.887. The minimum Gasteiger partial charge on any atom is -0.491 e. The van der Waals surface area contributed by atoms with Gasteiger partial charge in [0.1, 0.15) is 49.9 Å². The minimum absolute atomic E-state index is 0.200. The predicted molar refractivity (Wildman–Crippen MR) is 83.3 cm³/mol. The molecule has 0 aromatic heterocycles. The maximum Gasteiger partial charge on any atom is 0.137 e. The monoisotopic (exact) mass is 294 g/mol. The molecule has 1 aliphatic rings. The topological polar surface area (TPSA) is 32.1 Å². The van der Waals surface area contributed by atoms with Gasteiger partial charge in [-0.05, 0) is 52.0 Å². The van der Waals surface area contributed by atoms with Crippen LogP contribution in [-0.4, -0.2) is 44.6 Å². The highest BCUT2D eigenvalue weighted by Crippen LogP contribution is 2.18. The largest absolute Gasteiger partial charge is 0.491 e. The lowest BCUT2D eigenvalue weighted by atomic mass is 10.2. The van der Waals surface area contributed by atoms with Gasteiger partial charge in [-0.2, -0.15) is 0 Å². The summed E-state index contributed by atoms with van der Waals surface area (Å²) in [6, 6.07) is 7.86. The number of rotatable bonds is 6. The molecular formula is C17H28NO3+. The number of hydrogen-bond acceptors (Lipinski definition) is 3. The maximum absolute atomic E-state index is 5.82. The molecule has 1 aromatic rings. The zero-order valence-corrected chi connectivity index (χ0v) is 13.6. The summed E-state index contributed by atoms with van der Waals surface area (Å²) in [5, 5.41) is 0. The third-order valence-corrected chi connectivity index (χ3v) is 3.54. The Hall–Kier alpha value is -1.26. The number of hydrogen-bond donors (Lipinski definition) is 1. The molecule has 1 saturated heterocycles. The van der Waals surface area contributed by atoms with Crippen LogP contribution < -0.4 is 14.4 Å². The van der Waals surface area contributed by atoms with Gasteiger partial charge >= 0.3 is 0 Å². The van der Waals surface area contributed by atoms with Gasteiger partial charge in [-0.15, -0.1) is 0 Å². The smallest absolute Gasteiger partial charge is 0.137 e. The van der Waals surface area contributed by atoms with Crippen LogP contribution in [0.15, 0.2) is 24.3 Å². The van der Waals surface area contributed by atoms with E-state index in [4.69, 9.17) is 14.2 Å². The Labute approximate surface area is 128 Å². The summed E-state index contributed by atoms with van der Waals surface area (Å²) in [7, 11) is 0. The molecule has 0 amide bonds. The summed E-state index contributed by atoms with van der Waals surface area (Å²) in [6.45, 7) is 12.2. The first-order chi connectivity index (χ1) is 10.0. The summed E-state index contributed by atoms with van der Waals surface area (Å²) in [4.78, 5) is 1.56. The zero-order valence-electron chi connectivity index (χ0n) is 13.6. The highest BCUT2D eigenvalue weighted by Gasteiger charge is 2.25. The van der Waals surface area contributed by atoms with Gasteiger partial charge in [-0.1, -0.05) is 0 Å². The molecule has 0 saturated carbocycles. The van der Waals surface area contributed by atoms with Gasteiger partial charge in [0.05, 0.1) is 6.10 Å². The first kappa shape index (κ1) is 16.1. The first-order valence-electron chi connectivity index (χ1n) is 7.91. The van der Waals surface area contributed by atoms with Crippen molar-refractivity contribution < 1.29 is 19.1 Å². The van der Waals surface area contributed by atoms with Crippen molar-refractivity contribution in [1.29, 1.82) is 0 Å². The normalized spacial score (nSPS) is 25.9. The Balaban J connectivity index is 1.73. The van der Waals surface area contributed by atoms with Crippen LogP contribution in [0.25, 0.3) is 0 Å². The van der Waals surface area contributed by atoms with Crippen LogP contribution in [0.3, 0.4) is 0 Å². The van der Waals surface area contributed by atoms with Gasteiger partial charge in [0.15, 0.2) is 0 Å². The lowest BCUT2D eigenvalue weighted by Gasteiger charge is -2.32. The van der Waals surface area contributed by atoms with Crippen LogP contribution in [0.2, 0.25) is 0 Å². The van der Waals surface area contributed by atoms with Crippen LogP contribution in [0, 0.1) is 0 Å². The van der Waals surface area contributed by atoms with Crippen molar-refractivity contribution in [3.05, 3.63) is 24.3 Å². The number of benzene rings is 1. The van der Waals surface area contributed by atoms with Crippen LogP contribution in [0.1, 0.15) is 27.7 Å². The molecule has 118 valence electrons. The highest BCUT2D eigenvalue weighted by atomic mass is 16.5. The third-order valence-electron chi connectivity index (χ3n) is 3.54. The van der Waals surface area contributed by atoms with E-state index in [1.807, 2.05) is 38.1 Å². The molecule has 1 fully saturated rings. The predicted octanol–water partition coefficient (Wildman–Crippen LogP) is 1.54. The van der Waals surface area contributed by atoms with E-state index in [1.165, 1.54) is 0 Å². The van der Waals surface area contributed by atoms with Gasteiger partial charge in [-0.3, -0.25) is 0 Å². The molecule has 1 heterocycles. The molecule has 0 aliphatic carbocycles. The Morgan fingerprint density at radius 1 is 1.10 bits per heavy atom. The SMILES string of the molecule is CC(C)Oc1ccc(OCC[NH+]2C[C@H](C)O[C@@H](C)C2)cc1. The molecule has 4 nitrogen and oxygen atoms in total. The molecule has 2 rings (SSSR count). The average molecular weight is 294 g/mol. The van der Waals surface area contributed by atoms with Crippen LogP contribution in [0.5, 0.6) is 11.5 Å². The van der Waals surface area contributed by atoms with Crippen molar-refractivity contribution in [2.24, 2.45) is 0 Å². The Morgan fingerprint density at radius 3 is 2.24 bits per heavy atom. The highest BCUT2D eigenvalue weighted by molar-refractivity contribution is 5.31. The van der Waals surface area contributed by atoms with E-state index in [2.05, 4.69) is 13.8 Å². The van der Waals surface area contributed by atoms with E-state index in [0.29, 0.717) is 12.2 Å². The number of morpholine rings is 1. The van der Waals surface area contributed by atoms with Crippen LogP contribution in [0.4, 0.5) is 0 Å². The second-order valence-electron chi connectivity index (χ2n) is 6.15. The van der Waals surface area contributed by atoms with E-state index in [9.17, 15) is 0 Å². The van der Waals surface area contributed by atoms with E-state index < -0.39 is 0 Å². The molecule has 0 radical (unpaired) electrons. The van der Waals surface area contributed by atoms with Crippen molar-refractivity contribution in [2.45, 2.75) is 46.0 Å². The third kappa shape index (κ3) is 5.56. The van der Waals surface area contributed by atoms with E-state index in [1.54, 1.807) is 4.90 Å². The molecule has 0 spiro atoms. The van der Waals surface area contributed by atoms with Crippen LogP contribution >= 0.6 is 0 Å². The quantitative estimate of drug-likeness (QED) is 0.864. The molecule has 0 bridgehead atoms. The van der Waals surface area contributed by atoms with Crippen molar-refractivity contribution in [2.75, 3.05) is 26.2 Å². The molecule has 2 atom stereocenters. The summed E-state index contributed by atoms with van der Waals surface area (Å²) in [5.74, 6) is 1.79. The second-order valence-corrected chi connectivity index (χ2v) is 6.15. The Morgan fingerprint density at radius 2 is 1.67 bits per heavy atom. The van der Waals surface area contributed by atoms with Crippen molar-refractivity contribution in [3.8, 4) is 11.5 Å². The fourth-order valence-corrected chi connectivity index (χ4v) is 2.79. The average Bonchev–Trinajstić information content (AvgIpc) is 2.39. The minimum atomic E-state index is 0.200. The van der Waals surface area contributed by atoms with Crippen molar-refractivity contribution in [1.82, 2.24) is 0 Å². The lowest BCUT2D eigenvalue weighted by Crippen LogP contribution is -3.16. The summed E-state index contributed by atoms with van der Waals surface area (Å²) < 4.78 is 17.2. The van der Waals surface area contributed by atoms with E-state index in [-0.39, 0.29) is 6.10 Å². The van der Waals surface area contributed by atoms with Gasteiger partial charge in [0.2, 0.25) is 0 Å². The lowest BCUT2D eigenvalue weighted by molar-refractivity contribution is -0.915. The van der Waals surface area contributed by atoms with Gasteiger partial charge in [-0.25, -0.2) is 0 Å². The number of ether oxygens (including phenoxy) is 3. The molecule has 1 aromatic carbocycles. The Kier molecular flexibility index (Phi) is 5.88. The standard InChI is InChI=1S/C17H27NO3/c1-13(2)20-17-7-5-16(6-8-17)19-10-9-18-11-14(3)21-15(4)12-18/h5-8,13-15H,9-12H2,1-4H3/p+1/t14-,15-/m0/s1. The fraction of sp³-hybridized carbons (Fsp3) is 0.647. The summed E-state index contributed by atoms with van der Waals surface area (Å²) >= 11 is 0. The number of nitrogens with one attached hydrogen (secondary N) is 1. The molecule has 21 heavy (non-hydrogen) atoms. The van der Waals surface area contributed by atoms with Gasteiger partial charge < -0.3 is 19.1 Å². The van der Waals surface area contributed by atoms with E-state index in [0.717, 1.165) is 37.7 Å². The summed E-state index contributed by atoms with van der Waals surface area (Å²) in [5.41, 5.74) is 0. The first-order valence-corrected chi connectivity index (χ1v) is 7.91. The van der Waals surface area contributed by atoms with Crippen molar-refractivity contribution in [3.63, 3.8) is 0 Å². The molecule has 1 aliphatic heterocycles. The molecular weight excluding hydrogens is 266 g/mol. The van der Waals surface area contributed by atoms with Crippen LogP contribution in [-0.2, 0) is 4.74 Å². The number of quaternary nitrogens is 1. The second kappa shape index (κ2) is 7.66. The Bertz CT molecular complexity index is 409. The molecule has 4 heteroatoms. The zero-order chi connectivity index (χ0) is 15.2.